The van der Waals surface area contributed by atoms with E-state index in [4.69, 9.17) is 0 Å². The molecular weight excluding hydrogens is 259 g/mol. The molecule has 0 saturated heterocycles. The number of alkyl halides is 5. The van der Waals surface area contributed by atoms with E-state index < -0.39 is 24.0 Å². The molecule has 108 valence electrons. The normalized spacial score (nSPS) is 15.1. The van der Waals surface area contributed by atoms with Crippen LogP contribution in [0.25, 0.3) is 0 Å². The third-order valence-corrected chi connectivity index (χ3v) is 2.32. The van der Waals surface area contributed by atoms with Crippen molar-refractivity contribution in [1.82, 2.24) is 10.2 Å². The summed E-state index contributed by atoms with van der Waals surface area (Å²) in [6, 6.07) is -0.777. The van der Waals surface area contributed by atoms with Gasteiger partial charge in [-0.2, -0.15) is 22.0 Å². The first-order valence-corrected chi connectivity index (χ1v) is 5.29. The van der Waals surface area contributed by atoms with Gasteiger partial charge in [-0.15, -0.1) is 0 Å². The topological polar surface area (TPSA) is 32.3 Å². The Labute approximate surface area is 102 Å². The van der Waals surface area contributed by atoms with Gasteiger partial charge in [0.1, 0.15) is 0 Å². The van der Waals surface area contributed by atoms with E-state index in [0.717, 1.165) is 0 Å². The first-order valence-electron chi connectivity index (χ1n) is 5.29. The second-order valence-corrected chi connectivity index (χ2v) is 4.66. The molecule has 0 aliphatic heterocycles. The molecule has 3 nitrogen and oxygen atoms in total. The van der Waals surface area contributed by atoms with Crippen LogP contribution in [-0.4, -0.2) is 49.6 Å². The maximum Gasteiger partial charge on any atom is 0.463 e. The van der Waals surface area contributed by atoms with Gasteiger partial charge in [-0.05, 0) is 20.0 Å². The van der Waals surface area contributed by atoms with Crippen LogP contribution in [-0.2, 0) is 4.79 Å². The second kappa shape index (κ2) is 5.81. The van der Waals surface area contributed by atoms with E-state index in [-0.39, 0.29) is 12.5 Å². The minimum Gasteiger partial charge on any atom is -0.346 e. The van der Waals surface area contributed by atoms with E-state index in [1.54, 1.807) is 38.2 Å². The molecule has 8 heteroatoms. The smallest absolute Gasteiger partial charge is 0.346 e. The quantitative estimate of drug-likeness (QED) is 0.778. The van der Waals surface area contributed by atoms with Crippen molar-refractivity contribution in [1.29, 1.82) is 0 Å². The molecule has 0 saturated carbocycles. The van der Waals surface area contributed by atoms with Gasteiger partial charge in [-0.25, -0.2) is 0 Å². The summed E-state index contributed by atoms with van der Waals surface area (Å²) in [4.78, 5) is 12.6. The molecule has 1 unspecified atom stereocenters. The maximum absolute atomic E-state index is 12.7. The molecule has 18 heavy (non-hydrogen) atoms. The maximum atomic E-state index is 12.7. The van der Waals surface area contributed by atoms with Crippen molar-refractivity contribution in [2.75, 3.05) is 20.6 Å². The van der Waals surface area contributed by atoms with Crippen molar-refractivity contribution in [2.24, 2.45) is 5.92 Å². The Hall–Kier alpha value is -0.920. The largest absolute Gasteiger partial charge is 0.463 e. The fraction of sp³-hybridized carbons (Fsp3) is 0.900. The molecule has 1 N–H and O–H groups in total. The molecule has 1 amide bonds. The van der Waals surface area contributed by atoms with Crippen LogP contribution >= 0.6 is 0 Å². The second-order valence-electron chi connectivity index (χ2n) is 4.66. The van der Waals surface area contributed by atoms with Gasteiger partial charge in [0.25, 0.3) is 0 Å². The van der Waals surface area contributed by atoms with Gasteiger partial charge in [0.05, 0.1) is 0 Å². The van der Waals surface area contributed by atoms with Crippen LogP contribution in [0.15, 0.2) is 0 Å². The Kier molecular flexibility index (Phi) is 5.52. The van der Waals surface area contributed by atoms with Crippen molar-refractivity contribution in [3.63, 3.8) is 0 Å². The predicted molar refractivity (Wildman–Crippen MR) is 56.3 cm³/mol. The zero-order chi connectivity index (χ0) is 14.7. The number of halogens is 5. The van der Waals surface area contributed by atoms with Gasteiger partial charge in [0, 0.05) is 12.6 Å². The van der Waals surface area contributed by atoms with E-state index in [1.165, 1.54) is 0 Å². The first kappa shape index (κ1) is 17.1. The Morgan fingerprint density at radius 2 is 1.61 bits per heavy atom. The fourth-order valence-corrected chi connectivity index (χ4v) is 1.20. The average Bonchev–Trinajstić information content (AvgIpc) is 2.13. The minimum absolute atomic E-state index is 0.178. The molecule has 0 aromatic rings. The lowest BCUT2D eigenvalue weighted by Gasteiger charge is -2.28. The van der Waals surface area contributed by atoms with Crippen LogP contribution in [0.5, 0.6) is 0 Å². The number of nitrogens with zero attached hydrogens (tertiary/aromatic N) is 1. The third kappa shape index (κ3) is 4.40. The Balaban J connectivity index is 4.81. The summed E-state index contributed by atoms with van der Waals surface area (Å²) in [7, 11) is 3.26. The Morgan fingerprint density at radius 3 is 1.89 bits per heavy atom. The number of hydrogen-bond donors (Lipinski definition) is 1. The van der Waals surface area contributed by atoms with E-state index >= 15 is 0 Å². The minimum atomic E-state index is -5.88. The van der Waals surface area contributed by atoms with Gasteiger partial charge in [-0.1, -0.05) is 13.8 Å². The number of carbonyl (C=O) groups is 1. The molecule has 0 spiro atoms. The number of rotatable bonds is 5. The molecule has 0 bridgehead atoms. The van der Waals surface area contributed by atoms with Gasteiger partial charge >= 0.3 is 18.0 Å². The third-order valence-electron chi connectivity index (χ3n) is 2.32. The summed E-state index contributed by atoms with van der Waals surface area (Å²) >= 11 is 0. The molecule has 0 radical (unpaired) electrons. The molecule has 0 aromatic heterocycles. The van der Waals surface area contributed by atoms with Gasteiger partial charge in [0.15, 0.2) is 0 Å². The molecule has 0 aliphatic carbocycles. The predicted octanol–water partition coefficient (Wildman–Crippen LogP) is 1.89. The van der Waals surface area contributed by atoms with Crippen LogP contribution in [0.1, 0.15) is 13.8 Å². The lowest BCUT2D eigenvalue weighted by atomic mass is 10.0. The van der Waals surface area contributed by atoms with Crippen molar-refractivity contribution < 1.29 is 26.7 Å². The van der Waals surface area contributed by atoms with Crippen LogP contribution in [0.2, 0.25) is 0 Å². The number of likely N-dealkylation sites (N-methyl/N-ethyl adjacent to an activating group) is 1. The van der Waals surface area contributed by atoms with E-state index in [0.29, 0.717) is 0 Å². The Morgan fingerprint density at radius 1 is 1.17 bits per heavy atom. The summed E-state index contributed by atoms with van der Waals surface area (Å²) in [6.45, 7) is 3.43. The molecule has 0 heterocycles. The lowest BCUT2D eigenvalue weighted by molar-refractivity contribution is -0.270. The van der Waals surface area contributed by atoms with E-state index in [2.05, 4.69) is 0 Å². The molecule has 0 aromatic carbocycles. The summed E-state index contributed by atoms with van der Waals surface area (Å²) < 4.78 is 61.4. The number of carbonyl (C=O) groups excluding carboxylic acids is 1. The molecule has 1 atom stereocenters. The van der Waals surface area contributed by atoms with Crippen molar-refractivity contribution in [2.45, 2.75) is 32.0 Å². The van der Waals surface area contributed by atoms with Crippen molar-refractivity contribution in [3.8, 4) is 0 Å². The van der Waals surface area contributed by atoms with Crippen molar-refractivity contribution in [3.05, 3.63) is 0 Å². The molecule has 0 aliphatic rings. The zero-order valence-corrected chi connectivity index (χ0v) is 10.6. The number of nitrogens with one attached hydrogen (secondary N) is 1. The summed E-state index contributed by atoms with van der Waals surface area (Å²) in [5.41, 5.74) is 0. The highest BCUT2D eigenvalue weighted by Gasteiger charge is 2.63. The molecule has 0 fully saturated rings. The number of amides is 1. The number of hydrogen-bond acceptors (Lipinski definition) is 2. The van der Waals surface area contributed by atoms with Gasteiger partial charge in [0.2, 0.25) is 0 Å². The molecular formula is C10H17F5N2O. The van der Waals surface area contributed by atoms with E-state index in [9.17, 15) is 26.7 Å². The van der Waals surface area contributed by atoms with Crippen molar-refractivity contribution >= 4 is 5.91 Å². The van der Waals surface area contributed by atoms with Gasteiger partial charge < -0.3 is 10.2 Å². The summed E-state index contributed by atoms with van der Waals surface area (Å²) in [5.74, 6) is -7.94. The first-order chi connectivity index (χ1) is 7.89. The zero-order valence-electron chi connectivity index (χ0n) is 10.6. The van der Waals surface area contributed by atoms with Crippen LogP contribution in [0, 0.1) is 5.92 Å². The fourth-order valence-electron chi connectivity index (χ4n) is 1.20. The highest BCUT2D eigenvalue weighted by atomic mass is 19.4. The highest BCUT2D eigenvalue weighted by Crippen LogP contribution is 2.35. The average molecular weight is 276 g/mol. The highest BCUT2D eigenvalue weighted by molar-refractivity contribution is 5.84. The molecule has 0 rings (SSSR count). The summed E-state index contributed by atoms with van der Waals surface area (Å²) in [5, 5.41) is 1.74. The van der Waals surface area contributed by atoms with Gasteiger partial charge in [-0.3, -0.25) is 4.79 Å². The SMILES string of the molecule is CC(C)C(CN(C)C)NC(=O)C(F)(F)C(F)(F)F. The van der Waals surface area contributed by atoms with Crippen LogP contribution in [0.3, 0.4) is 0 Å². The van der Waals surface area contributed by atoms with Crippen LogP contribution < -0.4 is 5.32 Å². The monoisotopic (exact) mass is 276 g/mol. The Bertz CT molecular complexity index is 288. The van der Waals surface area contributed by atoms with Crippen LogP contribution in [0.4, 0.5) is 22.0 Å². The van der Waals surface area contributed by atoms with E-state index in [1.807, 2.05) is 0 Å². The lowest BCUT2D eigenvalue weighted by Crippen LogP contribution is -2.55. The standard InChI is InChI=1S/C10H17F5N2O/c1-6(2)7(5-17(3)4)16-8(18)9(11,12)10(13,14)15/h6-7H,5H2,1-4H3,(H,16,18). The summed E-state index contributed by atoms with van der Waals surface area (Å²) in [6.07, 6.45) is -5.88.